The minimum Gasteiger partial charge on any atom is -0.481 e. The Morgan fingerprint density at radius 2 is 1.84 bits per heavy atom. The summed E-state index contributed by atoms with van der Waals surface area (Å²) in [5.74, 6) is -1.98. The summed E-state index contributed by atoms with van der Waals surface area (Å²) in [7, 11) is 0. The number of carbonyl (C=O) groups is 2. The van der Waals surface area contributed by atoms with E-state index in [1.165, 1.54) is 6.20 Å². The number of aliphatic carboxylic acids is 1. The molecule has 2 aromatic rings. The topological polar surface area (TPSA) is 80.1 Å². The number of carbonyl (C=O) groups excluding carboxylic acids is 1. The van der Waals surface area contributed by atoms with E-state index in [1.807, 2.05) is 0 Å². The van der Waals surface area contributed by atoms with E-state index in [0.29, 0.717) is 11.1 Å². The van der Waals surface area contributed by atoms with E-state index in [0.717, 1.165) is 0 Å². The summed E-state index contributed by atoms with van der Waals surface area (Å²) >= 11 is 0. The number of carboxylic acids is 1. The molecule has 0 aliphatic heterocycles. The van der Waals surface area contributed by atoms with Gasteiger partial charge in [0.05, 0.1) is 12.3 Å². The molecule has 0 aliphatic carbocycles. The fourth-order valence-electron chi connectivity index (χ4n) is 1.84. The van der Waals surface area contributed by atoms with Crippen LogP contribution in [0.15, 0.2) is 49.1 Å². The molecular formula is C14H12N2O3. The van der Waals surface area contributed by atoms with Gasteiger partial charge >= 0.3 is 5.97 Å². The molecule has 1 N–H and O–H groups in total. The lowest BCUT2D eigenvalue weighted by Crippen LogP contribution is -2.17. The first kappa shape index (κ1) is 12.9. The lowest BCUT2D eigenvalue weighted by atomic mass is 9.89. The van der Waals surface area contributed by atoms with Gasteiger partial charge in [0.2, 0.25) is 0 Å². The molecule has 0 bridgehead atoms. The first-order valence-electron chi connectivity index (χ1n) is 5.74. The summed E-state index contributed by atoms with van der Waals surface area (Å²) in [6.45, 7) is 0. The number of nitrogens with zero attached hydrogens (tertiary/aromatic N) is 2. The second kappa shape index (κ2) is 5.86. The standard InChI is InChI=1S/C14H12N2O3/c17-13(18)8-12(10-3-6-15-7-4-10)14(19)11-2-1-5-16-9-11/h1-7,9,12H,8H2,(H,17,18). The van der Waals surface area contributed by atoms with Crippen molar-refractivity contribution in [1.82, 2.24) is 9.97 Å². The van der Waals surface area contributed by atoms with E-state index in [2.05, 4.69) is 9.97 Å². The lowest BCUT2D eigenvalue weighted by molar-refractivity contribution is -0.137. The van der Waals surface area contributed by atoms with Crippen molar-refractivity contribution in [2.75, 3.05) is 0 Å². The van der Waals surface area contributed by atoms with Crippen molar-refractivity contribution >= 4 is 11.8 Å². The van der Waals surface area contributed by atoms with E-state index in [9.17, 15) is 9.59 Å². The largest absolute Gasteiger partial charge is 0.481 e. The first-order chi connectivity index (χ1) is 9.18. The van der Waals surface area contributed by atoms with Crippen molar-refractivity contribution < 1.29 is 14.7 Å². The van der Waals surface area contributed by atoms with Crippen LogP contribution in [0.4, 0.5) is 0 Å². The minimum atomic E-state index is -1.01. The van der Waals surface area contributed by atoms with Crippen LogP contribution in [-0.4, -0.2) is 26.8 Å². The molecule has 1 atom stereocenters. The Morgan fingerprint density at radius 1 is 1.11 bits per heavy atom. The summed E-state index contributed by atoms with van der Waals surface area (Å²) in [5.41, 5.74) is 1.05. The zero-order valence-corrected chi connectivity index (χ0v) is 10.1. The zero-order valence-electron chi connectivity index (χ0n) is 10.1. The van der Waals surface area contributed by atoms with Gasteiger partial charge in [0.15, 0.2) is 5.78 Å². The van der Waals surface area contributed by atoms with Crippen LogP contribution in [0.5, 0.6) is 0 Å². The summed E-state index contributed by atoms with van der Waals surface area (Å²) < 4.78 is 0. The van der Waals surface area contributed by atoms with Crippen molar-refractivity contribution in [1.29, 1.82) is 0 Å². The highest BCUT2D eigenvalue weighted by Crippen LogP contribution is 2.23. The molecule has 0 saturated heterocycles. The average Bonchev–Trinajstić information content (AvgIpc) is 2.46. The second-order valence-corrected chi connectivity index (χ2v) is 4.04. The second-order valence-electron chi connectivity index (χ2n) is 4.04. The molecular weight excluding hydrogens is 244 g/mol. The first-order valence-corrected chi connectivity index (χ1v) is 5.74. The highest BCUT2D eigenvalue weighted by Gasteiger charge is 2.24. The van der Waals surface area contributed by atoms with Crippen molar-refractivity contribution in [3.05, 3.63) is 60.2 Å². The molecule has 1 unspecified atom stereocenters. The van der Waals surface area contributed by atoms with Crippen LogP contribution < -0.4 is 0 Å². The Morgan fingerprint density at radius 3 is 2.42 bits per heavy atom. The van der Waals surface area contributed by atoms with Crippen LogP contribution in [0, 0.1) is 0 Å². The molecule has 0 amide bonds. The highest BCUT2D eigenvalue weighted by atomic mass is 16.4. The molecule has 0 fully saturated rings. The highest BCUT2D eigenvalue weighted by molar-refractivity contribution is 6.02. The normalized spacial score (nSPS) is 11.8. The molecule has 0 radical (unpaired) electrons. The monoisotopic (exact) mass is 256 g/mol. The van der Waals surface area contributed by atoms with E-state index in [-0.39, 0.29) is 12.2 Å². The summed E-state index contributed by atoms with van der Waals surface area (Å²) in [6, 6.07) is 6.59. The third kappa shape index (κ3) is 3.22. The van der Waals surface area contributed by atoms with Gasteiger partial charge in [-0.1, -0.05) is 0 Å². The van der Waals surface area contributed by atoms with Crippen molar-refractivity contribution in [2.45, 2.75) is 12.3 Å². The average molecular weight is 256 g/mol. The maximum absolute atomic E-state index is 12.4. The molecule has 19 heavy (non-hydrogen) atoms. The Labute approximate surface area is 110 Å². The molecule has 0 saturated carbocycles. The van der Waals surface area contributed by atoms with Crippen LogP contribution in [-0.2, 0) is 4.79 Å². The Bertz CT molecular complexity index is 570. The molecule has 2 aromatic heterocycles. The van der Waals surface area contributed by atoms with Gasteiger partial charge in [-0.25, -0.2) is 0 Å². The van der Waals surface area contributed by atoms with Gasteiger partial charge in [-0.2, -0.15) is 0 Å². The van der Waals surface area contributed by atoms with E-state index < -0.39 is 11.9 Å². The third-order valence-corrected chi connectivity index (χ3v) is 2.75. The summed E-state index contributed by atoms with van der Waals surface area (Å²) in [5, 5.41) is 8.96. The number of rotatable bonds is 5. The van der Waals surface area contributed by atoms with Gasteiger partial charge in [-0.05, 0) is 29.8 Å². The molecule has 0 spiro atoms. The predicted molar refractivity (Wildman–Crippen MR) is 67.8 cm³/mol. The Balaban J connectivity index is 2.33. The van der Waals surface area contributed by atoms with Crippen molar-refractivity contribution in [3.63, 3.8) is 0 Å². The van der Waals surface area contributed by atoms with Crippen LogP contribution >= 0.6 is 0 Å². The SMILES string of the molecule is O=C(O)CC(C(=O)c1cccnc1)c1ccncc1. The predicted octanol–water partition coefficient (Wildman–Crippen LogP) is 1.92. The summed E-state index contributed by atoms with van der Waals surface area (Å²) in [4.78, 5) is 31.0. The molecule has 0 aliphatic rings. The van der Waals surface area contributed by atoms with E-state index >= 15 is 0 Å². The Kier molecular flexibility index (Phi) is 3.97. The van der Waals surface area contributed by atoms with Crippen LogP contribution in [0.2, 0.25) is 0 Å². The maximum atomic E-state index is 12.4. The summed E-state index contributed by atoms with van der Waals surface area (Å²) in [6.07, 6.45) is 5.84. The molecule has 2 rings (SSSR count). The van der Waals surface area contributed by atoms with Crippen LogP contribution in [0.1, 0.15) is 28.3 Å². The lowest BCUT2D eigenvalue weighted by Gasteiger charge is -2.13. The number of Topliss-reactive ketones (excluding diaryl/α,β-unsaturated/α-hetero) is 1. The van der Waals surface area contributed by atoms with Gasteiger partial charge in [0, 0.05) is 30.4 Å². The number of ketones is 1. The van der Waals surface area contributed by atoms with E-state index in [1.54, 1.807) is 42.9 Å². The molecule has 5 nitrogen and oxygen atoms in total. The van der Waals surface area contributed by atoms with Crippen molar-refractivity contribution in [3.8, 4) is 0 Å². The molecule has 2 heterocycles. The maximum Gasteiger partial charge on any atom is 0.304 e. The van der Waals surface area contributed by atoms with Gasteiger partial charge in [-0.15, -0.1) is 0 Å². The van der Waals surface area contributed by atoms with Gasteiger partial charge in [0.25, 0.3) is 0 Å². The number of hydrogen-bond acceptors (Lipinski definition) is 4. The zero-order chi connectivity index (χ0) is 13.7. The van der Waals surface area contributed by atoms with Crippen molar-refractivity contribution in [2.24, 2.45) is 0 Å². The molecule has 5 heteroatoms. The van der Waals surface area contributed by atoms with Gasteiger partial charge in [0.1, 0.15) is 0 Å². The molecule has 96 valence electrons. The van der Waals surface area contributed by atoms with Crippen LogP contribution in [0.25, 0.3) is 0 Å². The Hall–Kier alpha value is -2.56. The number of hydrogen-bond donors (Lipinski definition) is 1. The van der Waals surface area contributed by atoms with Gasteiger partial charge in [-0.3, -0.25) is 19.6 Å². The smallest absolute Gasteiger partial charge is 0.304 e. The fourth-order valence-corrected chi connectivity index (χ4v) is 1.84. The number of aromatic nitrogens is 2. The fraction of sp³-hybridized carbons (Fsp3) is 0.143. The minimum absolute atomic E-state index is 0.248. The van der Waals surface area contributed by atoms with Crippen LogP contribution in [0.3, 0.4) is 0 Å². The number of carboxylic acid groups (broad SMARTS) is 1. The van der Waals surface area contributed by atoms with E-state index in [4.69, 9.17) is 5.11 Å². The number of pyridine rings is 2. The third-order valence-electron chi connectivity index (χ3n) is 2.75. The van der Waals surface area contributed by atoms with Gasteiger partial charge < -0.3 is 5.11 Å². The quantitative estimate of drug-likeness (QED) is 0.826. The molecule has 0 aromatic carbocycles.